The van der Waals surface area contributed by atoms with E-state index >= 15 is 0 Å². The average molecular weight is 432 g/mol. The Labute approximate surface area is 176 Å². The van der Waals surface area contributed by atoms with Gasteiger partial charge in [-0.1, -0.05) is 6.07 Å². The van der Waals surface area contributed by atoms with Crippen LogP contribution >= 0.6 is 0 Å². The number of fused-ring (bicyclic) bond motifs is 2. The molecule has 0 radical (unpaired) electrons. The summed E-state index contributed by atoms with van der Waals surface area (Å²) in [6, 6.07) is 10.8. The van der Waals surface area contributed by atoms with Gasteiger partial charge in [-0.2, -0.15) is 4.31 Å². The molecule has 5 rings (SSSR count). The van der Waals surface area contributed by atoms with Crippen molar-refractivity contribution in [2.75, 3.05) is 39.5 Å². The molecule has 0 N–H and O–H groups in total. The monoisotopic (exact) mass is 431 g/mol. The molecule has 1 aromatic carbocycles. The van der Waals surface area contributed by atoms with Crippen LogP contribution in [0, 0.1) is 6.92 Å². The molecule has 8 nitrogen and oxygen atoms in total. The molecule has 2 fully saturated rings. The second-order valence-corrected chi connectivity index (χ2v) is 9.78. The second-order valence-electron chi connectivity index (χ2n) is 7.84. The first kappa shape index (κ1) is 19.7. The summed E-state index contributed by atoms with van der Waals surface area (Å²) in [5.74, 6) is 1.05. The Morgan fingerprint density at radius 3 is 2.73 bits per heavy atom. The highest BCUT2D eigenvalue weighted by Crippen LogP contribution is 2.35. The molecule has 0 aliphatic carbocycles. The average Bonchev–Trinajstić information content (AvgIpc) is 3.20. The lowest BCUT2D eigenvalue weighted by molar-refractivity contribution is -0.0506. The number of benzene rings is 1. The minimum atomic E-state index is -3.66. The van der Waals surface area contributed by atoms with Crippen molar-refractivity contribution < 1.29 is 22.6 Å². The number of aryl methyl sites for hydroxylation is 1. The van der Waals surface area contributed by atoms with Crippen molar-refractivity contribution in [1.29, 1.82) is 0 Å². The second kappa shape index (κ2) is 7.81. The highest BCUT2D eigenvalue weighted by Gasteiger charge is 2.44. The highest BCUT2D eigenvalue weighted by molar-refractivity contribution is 7.89. The molecule has 1 aromatic heterocycles. The maximum absolute atomic E-state index is 13.3. The van der Waals surface area contributed by atoms with E-state index in [9.17, 15) is 8.42 Å². The molecule has 9 heteroatoms. The molecule has 3 aliphatic rings. The first-order valence-corrected chi connectivity index (χ1v) is 11.6. The highest BCUT2D eigenvalue weighted by atomic mass is 32.2. The smallest absolute Gasteiger partial charge is 0.243 e. The van der Waals surface area contributed by atoms with E-state index in [-0.39, 0.29) is 17.0 Å². The number of nitrogens with zero attached hydrogens (tertiary/aromatic N) is 3. The first-order valence-electron chi connectivity index (χ1n) is 10.2. The van der Waals surface area contributed by atoms with E-state index in [1.807, 2.05) is 25.1 Å². The Morgan fingerprint density at radius 2 is 1.90 bits per heavy atom. The van der Waals surface area contributed by atoms with Crippen LogP contribution in [0.25, 0.3) is 0 Å². The first-order chi connectivity index (χ1) is 14.5. The predicted octanol–water partition coefficient (Wildman–Crippen LogP) is 1.44. The van der Waals surface area contributed by atoms with Gasteiger partial charge in [-0.15, -0.1) is 0 Å². The maximum atomic E-state index is 13.3. The zero-order valence-electron chi connectivity index (χ0n) is 16.9. The molecular weight excluding hydrogens is 406 g/mol. The summed E-state index contributed by atoms with van der Waals surface area (Å²) >= 11 is 0. The van der Waals surface area contributed by atoms with Crippen molar-refractivity contribution in [3.63, 3.8) is 0 Å². The molecule has 0 saturated carbocycles. The van der Waals surface area contributed by atoms with Gasteiger partial charge in [-0.05, 0) is 31.2 Å². The van der Waals surface area contributed by atoms with Crippen molar-refractivity contribution in [1.82, 2.24) is 14.2 Å². The zero-order chi connectivity index (χ0) is 20.7. The van der Waals surface area contributed by atoms with Gasteiger partial charge in [0.15, 0.2) is 11.5 Å². The Balaban J connectivity index is 1.35. The van der Waals surface area contributed by atoms with Crippen molar-refractivity contribution in [2.24, 2.45) is 0 Å². The number of sulfonamides is 1. The van der Waals surface area contributed by atoms with E-state index in [1.54, 1.807) is 18.2 Å². The fourth-order valence-corrected chi connectivity index (χ4v) is 5.83. The molecule has 0 unspecified atom stereocenters. The van der Waals surface area contributed by atoms with Gasteiger partial charge < -0.3 is 14.2 Å². The lowest BCUT2D eigenvalue weighted by Gasteiger charge is -2.36. The van der Waals surface area contributed by atoms with E-state index < -0.39 is 10.0 Å². The van der Waals surface area contributed by atoms with Crippen LogP contribution < -0.4 is 9.47 Å². The molecule has 160 valence electrons. The van der Waals surface area contributed by atoms with Crippen molar-refractivity contribution >= 4 is 10.0 Å². The third-order valence-electron chi connectivity index (χ3n) is 5.85. The van der Waals surface area contributed by atoms with E-state index in [0.717, 1.165) is 17.9 Å². The summed E-state index contributed by atoms with van der Waals surface area (Å²) < 4.78 is 45.2. The number of morpholine rings is 1. The van der Waals surface area contributed by atoms with Crippen LogP contribution in [0.15, 0.2) is 41.3 Å². The van der Waals surface area contributed by atoms with E-state index in [4.69, 9.17) is 14.2 Å². The Morgan fingerprint density at radius 1 is 1.07 bits per heavy atom. The maximum Gasteiger partial charge on any atom is 0.243 e. The van der Waals surface area contributed by atoms with Gasteiger partial charge in [0.1, 0.15) is 13.2 Å². The fraction of sp³-hybridized carbons (Fsp3) is 0.476. The third kappa shape index (κ3) is 3.66. The minimum absolute atomic E-state index is 0.00745. The van der Waals surface area contributed by atoms with Crippen LogP contribution in [0.1, 0.15) is 11.4 Å². The van der Waals surface area contributed by atoms with Gasteiger partial charge in [-0.3, -0.25) is 9.88 Å². The molecule has 0 spiro atoms. The van der Waals surface area contributed by atoms with Crippen molar-refractivity contribution in [2.45, 2.75) is 30.5 Å². The number of pyridine rings is 1. The summed E-state index contributed by atoms with van der Waals surface area (Å²) in [4.78, 5) is 7.10. The number of ether oxygens (including phenoxy) is 3. The van der Waals surface area contributed by atoms with Crippen molar-refractivity contribution in [3.05, 3.63) is 47.8 Å². The van der Waals surface area contributed by atoms with Gasteiger partial charge in [0.25, 0.3) is 0 Å². The lowest BCUT2D eigenvalue weighted by atomic mass is 10.1. The quantitative estimate of drug-likeness (QED) is 0.725. The topological polar surface area (TPSA) is 81.2 Å². The van der Waals surface area contributed by atoms with Gasteiger partial charge in [0, 0.05) is 37.9 Å². The van der Waals surface area contributed by atoms with Gasteiger partial charge in [0.2, 0.25) is 10.0 Å². The molecule has 2 atom stereocenters. The van der Waals surface area contributed by atoms with E-state index in [1.165, 1.54) is 4.31 Å². The summed E-state index contributed by atoms with van der Waals surface area (Å²) in [7, 11) is -3.66. The number of hydrogen-bond donors (Lipinski definition) is 0. The molecule has 2 aromatic rings. The van der Waals surface area contributed by atoms with Crippen LogP contribution in [-0.2, 0) is 21.3 Å². The van der Waals surface area contributed by atoms with E-state index in [2.05, 4.69) is 9.88 Å². The van der Waals surface area contributed by atoms with Crippen LogP contribution in [0.5, 0.6) is 11.5 Å². The van der Waals surface area contributed by atoms with Crippen molar-refractivity contribution in [3.8, 4) is 11.5 Å². The summed E-state index contributed by atoms with van der Waals surface area (Å²) in [5, 5.41) is 0. The number of aromatic nitrogens is 1. The molecule has 0 bridgehead atoms. The zero-order valence-corrected chi connectivity index (χ0v) is 17.7. The standard InChI is InChI=1S/C21H25N3O5S/c1-15-3-2-4-16(22-15)12-23-7-8-27-21-14-24(13-18(21)23)30(25,26)17-5-6-19-20(11-17)29-10-9-28-19/h2-6,11,18,21H,7-10,12-14H2,1H3/t18-,21-/m0/s1. The molecular formula is C21H25N3O5S. The summed E-state index contributed by atoms with van der Waals surface area (Å²) in [6.07, 6.45) is -0.143. The van der Waals surface area contributed by atoms with Gasteiger partial charge in [0.05, 0.1) is 29.3 Å². The minimum Gasteiger partial charge on any atom is -0.486 e. The van der Waals surface area contributed by atoms with Gasteiger partial charge in [-0.25, -0.2) is 8.42 Å². The Bertz CT molecular complexity index is 1040. The largest absolute Gasteiger partial charge is 0.486 e. The number of rotatable bonds is 4. The molecule has 3 aliphatic heterocycles. The fourth-order valence-electron chi connectivity index (χ4n) is 4.35. The normalized spacial score (nSPS) is 24.6. The van der Waals surface area contributed by atoms with Gasteiger partial charge >= 0.3 is 0 Å². The molecule has 4 heterocycles. The third-order valence-corrected chi connectivity index (χ3v) is 7.67. The van der Waals surface area contributed by atoms with E-state index in [0.29, 0.717) is 51.0 Å². The Hall–Kier alpha value is -2.20. The summed E-state index contributed by atoms with van der Waals surface area (Å²) in [5.41, 5.74) is 1.97. The molecule has 30 heavy (non-hydrogen) atoms. The number of hydrogen-bond acceptors (Lipinski definition) is 7. The Kier molecular flexibility index (Phi) is 5.14. The SMILES string of the molecule is Cc1cccc(CN2CCO[C@H]3CN(S(=O)(=O)c4ccc5c(c4)OCCO5)C[C@@H]32)n1. The van der Waals surface area contributed by atoms with Crippen LogP contribution in [-0.4, -0.2) is 74.2 Å². The lowest BCUT2D eigenvalue weighted by Crippen LogP contribution is -2.50. The molecule has 0 amide bonds. The van der Waals surface area contributed by atoms with Crippen LogP contribution in [0.2, 0.25) is 0 Å². The van der Waals surface area contributed by atoms with Crippen LogP contribution in [0.3, 0.4) is 0 Å². The van der Waals surface area contributed by atoms with Crippen LogP contribution in [0.4, 0.5) is 0 Å². The summed E-state index contributed by atoms with van der Waals surface area (Å²) in [6.45, 7) is 5.64. The molecule has 2 saturated heterocycles. The predicted molar refractivity (Wildman–Crippen MR) is 109 cm³/mol.